The van der Waals surface area contributed by atoms with Crippen LogP contribution in [-0.2, 0) is 0 Å². The number of para-hydroxylation sites is 1. The first-order valence-corrected chi connectivity index (χ1v) is 12.1. The van der Waals surface area contributed by atoms with E-state index in [2.05, 4.69) is 77.4 Å². The lowest BCUT2D eigenvalue weighted by Crippen LogP contribution is -2.37. The number of hydrogen-bond donors (Lipinski definition) is 2. The third kappa shape index (κ3) is 3.31. The molecule has 0 radical (unpaired) electrons. The highest BCUT2D eigenvalue weighted by atomic mass is 16.1. The molecule has 0 bridgehead atoms. The van der Waals surface area contributed by atoms with Gasteiger partial charge in [0.05, 0.1) is 17.3 Å². The van der Waals surface area contributed by atoms with E-state index in [1.807, 2.05) is 6.07 Å². The Morgan fingerprint density at radius 1 is 0.875 bits per heavy atom. The molecule has 1 amide bonds. The minimum absolute atomic E-state index is 0.0679. The SMILES string of the molecule is O=C(NC1CCCCC1)c1cccc2c1NC(c1cccc3ccccc13)C1CC=CC21. The molecule has 3 atom stereocenters. The molecule has 32 heavy (non-hydrogen) atoms. The van der Waals surface area contributed by atoms with Crippen molar-refractivity contribution in [2.24, 2.45) is 5.92 Å². The van der Waals surface area contributed by atoms with E-state index in [9.17, 15) is 4.79 Å². The third-order valence-electron chi connectivity index (χ3n) is 7.74. The van der Waals surface area contributed by atoms with E-state index in [1.54, 1.807) is 0 Å². The van der Waals surface area contributed by atoms with Crippen LogP contribution in [0.15, 0.2) is 72.8 Å². The topological polar surface area (TPSA) is 41.1 Å². The Bertz CT molecular complexity index is 1190. The van der Waals surface area contributed by atoms with Gasteiger partial charge in [-0.05, 0) is 53.1 Å². The van der Waals surface area contributed by atoms with Crippen LogP contribution in [0.25, 0.3) is 10.8 Å². The maximum Gasteiger partial charge on any atom is 0.253 e. The summed E-state index contributed by atoms with van der Waals surface area (Å²) in [4.78, 5) is 13.4. The zero-order valence-corrected chi connectivity index (χ0v) is 18.4. The van der Waals surface area contributed by atoms with E-state index < -0.39 is 0 Å². The normalized spacial score (nSPS) is 24.6. The predicted octanol–water partition coefficient (Wildman–Crippen LogP) is 6.73. The van der Waals surface area contributed by atoms with Crippen LogP contribution in [0.2, 0.25) is 0 Å². The number of fused-ring (bicyclic) bond motifs is 4. The first-order chi connectivity index (χ1) is 15.8. The molecule has 3 aromatic carbocycles. The standard InChI is InChI=1S/C29H30N2O/c32-29(30-20-11-2-1-3-12-20)26-18-8-17-25-22-14-7-16-24(22)27(31-28(25)26)23-15-6-10-19-9-4-5-13-21(19)23/h4-10,13-15,17-18,20,22,24,27,31H,1-3,11-12,16H2,(H,30,32). The number of nitrogens with one attached hydrogen (secondary N) is 2. The highest BCUT2D eigenvalue weighted by molar-refractivity contribution is 6.01. The van der Waals surface area contributed by atoms with Crippen molar-refractivity contribution in [1.82, 2.24) is 5.32 Å². The average molecular weight is 423 g/mol. The second-order valence-electron chi connectivity index (χ2n) is 9.62. The van der Waals surface area contributed by atoms with Gasteiger partial charge in [0.2, 0.25) is 0 Å². The minimum atomic E-state index is 0.0679. The van der Waals surface area contributed by atoms with Gasteiger partial charge in [0.25, 0.3) is 5.91 Å². The van der Waals surface area contributed by atoms with E-state index in [4.69, 9.17) is 0 Å². The molecule has 3 heteroatoms. The fourth-order valence-electron chi connectivity index (χ4n) is 6.15. The van der Waals surface area contributed by atoms with Crippen molar-refractivity contribution in [3.05, 3.63) is 89.5 Å². The monoisotopic (exact) mass is 422 g/mol. The fraction of sp³-hybridized carbons (Fsp3) is 0.345. The van der Waals surface area contributed by atoms with E-state index in [-0.39, 0.29) is 11.9 Å². The molecule has 3 nitrogen and oxygen atoms in total. The molecule has 162 valence electrons. The van der Waals surface area contributed by atoms with Gasteiger partial charge in [-0.15, -0.1) is 0 Å². The van der Waals surface area contributed by atoms with E-state index in [0.717, 1.165) is 30.5 Å². The molecule has 3 aliphatic rings. The van der Waals surface area contributed by atoms with E-state index >= 15 is 0 Å². The molecule has 0 aromatic heterocycles. The molecular weight excluding hydrogens is 392 g/mol. The first-order valence-electron chi connectivity index (χ1n) is 12.1. The molecule has 1 heterocycles. The number of amides is 1. The summed E-state index contributed by atoms with van der Waals surface area (Å²) < 4.78 is 0. The predicted molar refractivity (Wildman–Crippen MR) is 131 cm³/mol. The van der Waals surface area contributed by atoms with Crippen LogP contribution in [-0.4, -0.2) is 11.9 Å². The van der Waals surface area contributed by atoms with Crippen molar-refractivity contribution in [1.29, 1.82) is 0 Å². The smallest absolute Gasteiger partial charge is 0.253 e. The summed E-state index contributed by atoms with van der Waals surface area (Å²) in [5, 5.41) is 9.76. The Hall–Kier alpha value is -3.07. The summed E-state index contributed by atoms with van der Waals surface area (Å²) in [5.74, 6) is 0.876. The largest absolute Gasteiger partial charge is 0.377 e. The minimum Gasteiger partial charge on any atom is -0.377 e. The number of benzene rings is 3. The van der Waals surface area contributed by atoms with Crippen molar-refractivity contribution in [2.75, 3.05) is 5.32 Å². The zero-order chi connectivity index (χ0) is 21.5. The Morgan fingerprint density at radius 2 is 1.66 bits per heavy atom. The molecule has 1 saturated carbocycles. The molecule has 6 rings (SSSR count). The maximum absolute atomic E-state index is 13.4. The quantitative estimate of drug-likeness (QED) is 0.460. The highest BCUT2D eigenvalue weighted by Gasteiger charge is 2.39. The fourth-order valence-corrected chi connectivity index (χ4v) is 6.15. The van der Waals surface area contributed by atoms with Crippen LogP contribution in [0.1, 0.15) is 72.0 Å². The average Bonchev–Trinajstić information content (AvgIpc) is 3.34. The molecule has 3 aromatic rings. The number of anilines is 1. The van der Waals surface area contributed by atoms with E-state index in [1.165, 1.54) is 41.2 Å². The Labute approximate surface area is 189 Å². The second kappa shape index (κ2) is 8.12. The van der Waals surface area contributed by atoms with Crippen LogP contribution in [0.3, 0.4) is 0 Å². The lowest BCUT2D eigenvalue weighted by molar-refractivity contribution is 0.0928. The summed E-state index contributed by atoms with van der Waals surface area (Å²) in [5.41, 5.74) is 4.40. The van der Waals surface area contributed by atoms with Gasteiger partial charge < -0.3 is 10.6 Å². The molecular formula is C29H30N2O. The van der Waals surface area contributed by atoms with Crippen LogP contribution in [0.5, 0.6) is 0 Å². The number of allylic oxidation sites excluding steroid dienone is 2. The molecule has 0 spiro atoms. The van der Waals surface area contributed by atoms with Crippen LogP contribution in [0, 0.1) is 5.92 Å². The molecule has 1 aliphatic heterocycles. The molecule has 1 fully saturated rings. The summed E-state index contributed by atoms with van der Waals surface area (Å²) >= 11 is 0. The van der Waals surface area contributed by atoms with Crippen LogP contribution in [0.4, 0.5) is 5.69 Å². The number of carbonyl (C=O) groups excluding carboxylic acids is 1. The van der Waals surface area contributed by atoms with Crippen LogP contribution >= 0.6 is 0 Å². The molecule has 2 aliphatic carbocycles. The maximum atomic E-state index is 13.4. The van der Waals surface area contributed by atoms with Gasteiger partial charge in [-0.3, -0.25) is 4.79 Å². The second-order valence-corrected chi connectivity index (χ2v) is 9.62. The van der Waals surface area contributed by atoms with E-state index in [0.29, 0.717) is 17.9 Å². The lowest BCUT2D eigenvalue weighted by atomic mass is 9.75. The highest BCUT2D eigenvalue weighted by Crippen LogP contribution is 2.51. The van der Waals surface area contributed by atoms with Crippen molar-refractivity contribution < 1.29 is 4.79 Å². The lowest BCUT2D eigenvalue weighted by Gasteiger charge is -2.39. The zero-order valence-electron chi connectivity index (χ0n) is 18.4. The Morgan fingerprint density at radius 3 is 2.56 bits per heavy atom. The summed E-state index contributed by atoms with van der Waals surface area (Å²) in [6, 6.07) is 22.0. The molecule has 2 N–H and O–H groups in total. The van der Waals surface area contributed by atoms with Crippen molar-refractivity contribution in [3.63, 3.8) is 0 Å². The number of hydrogen-bond acceptors (Lipinski definition) is 2. The van der Waals surface area contributed by atoms with Gasteiger partial charge in [-0.1, -0.05) is 86.0 Å². The summed E-state index contributed by atoms with van der Waals surface area (Å²) in [6.45, 7) is 0. The molecule has 3 unspecified atom stereocenters. The number of rotatable bonds is 3. The van der Waals surface area contributed by atoms with Gasteiger partial charge >= 0.3 is 0 Å². The van der Waals surface area contributed by atoms with Gasteiger partial charge in [-0.2, -0.15) is 0 Å². The summed E-state index contributed by atoms with van der Waals surface area (Å²) in [6.07, 6.45) is 11.6. The third-order valence-corrected chi connectivity index (χ3v) is 7.74. The Balaban J connectivity index is 1.40. The molecule has 0 saturated heterocycles. The Kier molecular flexibility index (Phi) is 4.98. The van der Waals surface area contributed by atoms with Crippen molar-refractivity contribution >= 4 is 22.4 Å². The van der Waals surface area contributed by atoms with Crippen molar-refractivity contribution in [3.8, 4) is 0 Å². The van der Waals surface area contributed by atoms with Gasteiger partial charge in [0.1, 0.15) is 0 Å². The van der Waals surface area contributed by atoms with Gasteiger partial charge in [-0.25, -0.2) is 0 Å². The van der Waals surface area contributed by atoms with Crippen molar-refractivity contribution in [2.45, 2.75) is 56.5 Å². The van der Waals surface area contributed by atoms with Gasteiger partial charge in [0.15, 0.2) is 0 Å². The first kappa shape index (κ1) is 19.6. The van der Waals surface area contributed by atoms with Crippen LogP contribution < -0.4 is 10.6 Å². The number of carbonyl (C=O) groups is 1. The summed E-state index contributed by atoms with van der Waals surface area (Å²) in [7, 11) is 0. The van der Waals surface area contributed by atoms with Gasteiger partial charge in [0, 0.05) is 12.0 Å².